The van der Waals surface area contributed by atoms with Crippen LogP contribution in [-0.2, 0) is 19.5 Å². The lowest BCUT2D eigenvalue weighted by molar-refractivity contribution is 0.0841. The molecule has 0 amide bonds. The lowest BCUT2D eigenvalue weighted by Gasteiger charge is -2.39. The van der Waals surface area contributed by atoms with Gasteiger partial charge in [0, 0.05) is 30.8 Å². The number of nitrogens with one attached hydrogen (secondary N) is 1. The maximum atomic E-state index is 13.2. The van der Waals surface area contributed by atoms with Gasteiger partial charge in [0.1, 0.15) is 5.75 Å². The quantitative estimate of drug-likeness (QED) is 0.328. The Labute approximate surface area is 217 Å². The van der Waals surface area contributed by atoms with E-state index in [4.69, 9.17) is 4.74 Å². The molecular weight excluding hydrogens is 464 g/mol. The zero-order chi connectivity index (χ0) is 25.6. The van der Waals surface area contributed by atoms with Gasteiger partial charge < -0.3 is 9.72 Å². The molecule has 1 fully saturated rings. The predicted octanol–water partition coefficient (Wildman–Crippen LogP) is 5.05. The third-order valence-electron chi connectivity index (χ3n) is 7.63. The molecule has 4 aromatic rings. The number of aryl methyl sites for hydroxylation is 2. The highest BCUT2D eigenvalue weighted by molar-refractivity contribution is 5.80. The van der Waals surface area contributed by atoms with Gasteiger partial charge in [0.2, 0.25) is 0 Å². The summed E-state index contributed by atoms with van der Waals surface area (Å²) in [6.45, 7) is 3.47. The number of hydrogen-bond donors (Lipinski definition) is 1. The van der Waals surface area contributed by atoms with E-state index in [1.807, 2.05) is 35.0 Å². The zero-order valence-corrected chi connectivity index (χ0v) is 21.8. The minimum atomic E-state index is -0.0555. The van der Waals surface area contributed by atoms with Crippen LogP contribution in [0.4, 0.5) is 0 Å². The number of methoxy groups -OCH3 is 1. The van der Waals surface area contributed by atoms with Crippen molar-refractivity contribution in [3.8, 4) is 5.75 Å². The Bertz CT molecular complexity index is 1360. The van der Waals surface area contributed by atoms with E-state index in [9.17, 15) is 4.79 Å². The standard InChI is InChI=1S/C29H36N6O2/c1-3-27(28-31-32-33-35(28)17-16-21-10-6-4-7-11-21)34(24-12-8-5-9-13-24)20-23-18-22-14-15-25(37-2)19-26(22)30-29(23)36/h4,6-7,10-11,14-15,18-19,24,27H,3,5,8-9,12-13,16-17,20H2,1-2H3,(H,30,36)/t27-/m0/s1. The second-order valence-corrected chi connectivity index (χ2v) is 9.96. The van der Waals surface area contributed by atoms with Crippen molar-refractivity contribution in [3.63, 3.8) is 0 Å². The van der Waals surface area contributed by atoms with Crippen molar-refractivity contribution >= 4 is 10.9 Å². The number of aromatic nitrogens is 5. The first-order valence-electron chi connectivity index (χ1n) is 13.4. The van der Waals surface area contributed by atoms with Crippen molar-refractivity contribution in [2.45, 2.75) is 77.0 Å². The van der Waals surface area contributed by atoms with E-state index in [1.54, 1.807) is 7.11 Å². The van der Waals surface area contributed by atoms with Crippen molar-refractivity contribution in [1.82, 2.24) is 30.1 Å². The first kappa shape index (κ1) is 25.1. The normalized spacial score (nSPS) is 15.3. The van der Waals surface area contributed by atoms with Crippen molar-refractivity contribution in [3.05, 3.63) is 81.9 Å². The highest BCUT2D eigenvalue weighted by Crippen LogP contribution is 2.33. The summed E-state index contributed by atoms with van der Waals surface area (Å²) in [6.07, 6.45) is 7.69. The Balaban J connectivity index is 1.45. The molecule has 1 aliphatic carbocycles. The lowest BCUT2D eigenvalue weighted by atomic mass is 9.92. The van der Waals surface area contributed by atoms with E-state index in [0.29, 0.717) is 12.6 Å². The van der Waals surface area contributed by atoms with Gasteiger partial charge in [-0.3, -0.25) is 9.69 Å². The number of aromatic amines is 1. The summed E-state index contributed by atoms with van der Waals surface area (Å²) in [5.41, 5.74) is 2.76. The van der Waals surface area contributed by atoms with Crippen LogP contribution in [0.1, 0.15) is 68.4 Å². The second kappa shape index (κ2) is 11.7. The topological polar surface area (TPSA) is 88.9 Å². The first-order chi connectivity index (χ1) is 18.2. The van der Waals surface area contributed by atoms with E-state index < -0.39 is 0 Å². The fraction of sp³-hybridized carbons (Fsp3) is 0.448. The zero-order valence-electron chi connectivity index (χ0n) is 21.8. The molecule has 1 saturated carbocycles. The van der Waals surface area contributed by atoms with Crippen LogP contribution in [0.25, 0.3) is 10.9 Å². The third kappa shape index (κ3) is 5.74. The van der Waals surface area contributed by atoms with Crippen LogP contribution >= 0.6 is 0 Å². The Morgan fingerprint density at radius 3 is 2.68 bits per heavy atom. The molecule has 1 N–H and O–H groups in total. The Hall–Kier alpha value is -3.52. The Morgan fingerprint density at radius 2 is 1.92 bits per heavy atom. The van der Waals surface area contributed by atoms with Gasteiger partial charge in [-0.25, -0.2) is 4.68 Å². The largest absolute Gasteiger partial charge is 0.497 e. The number of nitrogens with zero attached hydrogens (tertiary/aromatic N) is 5. The third-order valence-corrected chi connectivity index (χ3v) is 7.63. The highest BCUT2D eigenvalue weighted by atomic mass is 16.5. The summed E-state index contributed by atoms with van der Waals surface area (Å²) < 4.78 is 7.28. The lowest BCUT2D eigenvalue weighted by Crippen LogP contribution is -2.41. The molecule has 5 rings (SSSR count). The van der Waals surface area contributed by atoms with E-state index in [0.717, 1.165) is 60.3 Å². The van der Waals surface area contributed by atoms with Crippen LogP contribution in [0.2, 0.25) is 0 Å². The van der Waals surface area contributed by atoms with E-state index in [1.165, 1.54) is 24.8 Å². The molecule has 8 nitrogen and oxygen atoms in total. The molecule has 194 valence electrons. The van der Waals surface area contributed by atoms with Gasteiger partial charge in [0.05, 0.1) is 18.7 Å². The SMILES string of the molecule is CC[C@@H](c1nnnn1CCc1ccccc1)N(Cc1cc2ccc(OC)cc2[nH]c1=O)C1CCCCC1. The molecule has 2 aromatic carbocycles. The summed E-state index contributed by atoms with van der Waals surface area (Å²) in [5.74, 6) is 1.61. The maximum absolute atomic E-state index is 13.2. The number of ether oxygens (including phenoxy) is 1. The van der Waals surface area contributed by atoms with Gasteiger partial charge in [-0.1, -0.05) is 56.5 Å². The van der Waals surface area contributed by atoms with Crippen LogP contribution in [0.3, 0.4) is 0 Å². The van der Waals surface area contributed by atoms with E-state index in [-0.39, 0.29) is 11.6 Å². The number of pyridine rings is 1. The first-order valence-corrected chi connectivity index (χ1v) is 13.4. The molecule has 37 heavy (non-hydrogen) atoms. The molecule has 0 unspecified atom stereocenters. The second-order valence-electron chi connectivity index (χ2n) is 9.96. The predicted molar refractivity (Wildman–Crippen MR) is 145 cm³/mol. The molecule has 0 radical (unpaired) electrons. The summed E-state index contributed by atoms with van der Waals surface area (Å²) in [5, 5.41) is 13.9. The average molecular weight is 501 g/mol. The number of rotatable bonds is 10. The number of tetrazole rings is 1. The highest BCUT2D eigenvalue weighted by Gasteiger charge is 2.32. The maximum Gasteiger partial charge on any atom is 0.252 e. The van der Waals surface area contributed by atoms with Crippen molar-refractivity contribution in [2.24, 2.45) is 0 Å². The summed E-state index contributed by atoms with van der Waals surface area (Å²) >= 11 is 0. The smallest absolute Gasteiger partial charge is 0.252 e. The molecule has 2 aromatic heterocycles. The van der Waals surface area contributed by atoms with Gasteiger partial charge in [0.25, 0.3) is 5.56 Å². The monoisotopic (exact) mass is 500 g/mol. The fourth-order valence-corrected chi connectivity index (χ4v) is 5.63. The van der Waals surface area contributed by atoms with E-state index >= 15 is 0 Å². The molecule has 1 aliphatic rings. The Kier molecular flexibility index (Phi) is 7.94. The molecule has 0 aliphatic heterocycles. The van der Waals surface area contributed by atoms with Gasteiger partial charge in [-0.15, -0.1) is 5.10 Å². The number of H-pyrrole nitrogens is 1. The van der Waals surface area contributed by atoms with Crippen molar-refractivity contribution < 1.29 is 4.74 Å². The minimum Gasteiger partial charge on any atom is -0.497 e. The fourth-order valence-electron chi connectivity index (χ4n) is 5.63. The van der Waals surface area contributed by atoms with Crippen LogP contribution < -0.4 is 10.3 Å². The molecule has 0 saturated heterocycles. The van der Waals surface area contributed by atoms with Gasteiger partial charge in [-0.2, -0.15) is 0 Å². The van der Waals surface area contributed by atoms with Crippen molar-refractivity contribution in [1.29, 1.82) is 0 Å². The van der Waals surface area contributed by atoms with Crippen LogP contribution in [0, 0.1) is 0 Å². The summed E-state index contributed by atoms with van der Waals surface area (Å²) in [7, 11) is 1.63. The average Bonchev–Trinajstić information content (AvgIpc) is 3.41. The van der Waals surface area contributed by atoms with E-state index in [2.05, 4.69) is 56.6 Å². The van der Waals surface area contributed by atoms with Crippen LogP contribution in [0.15, 0.2) is 59.4 Å². The van der Waals surface area contributed by atoms with Gasteiger partial charge in [-0.05, 0) is 65.3 Å². The van der Waals surface area contributed by atoms with Crippen LogP contribution in [0.5, 0.6) is 5.75 Å². The molecular formula is C29H36N6O2. The number of benzene rings is 2. The van der Waals surface area contributed by atoms with Crippen molar-refractivity contribution in [2.75, 3.05) is 7.11 Å². The number of fused-ring (bicyclic) bond motifs is 1. The molecule has 8 heteroatoms. The summed E-state index contributed by atoms with van der Waals surface area (Å²) in [4.78, 5) is 18.8. The van der Waals surface area contributed by atoms with Crippen LogP contribution in [-0.4, -0.2) is 43.2 Å². The molecule has 0 bridgehead atoms. The summed E-state index contributed by atoms with van der Waals surface area (Å²) in [6, 6.07) is 18.7. The Morgan fingerprint density at radius 1 is 1.11 bits per heavy atom. The number of hydrogen-bond acceptors (Lipinski definition) is 6. The van der Waals surface area contributed by atoms with Gasteiger partial charge >= 0.3 is 0 Å². The minimum absolute atomic E-state index is 0.0276. The molecule has 0 spiro atoms. The van der Waals surface area contributed by atoms with Gasteiger partial charge in [0.15, 0.2) is 5.82 Å². The molecule has 1 atom stereocenters. The molecule has 2 heterocycles.